The number of thioether (sulfide) groups is 1. The zero-order valence-corrected chi connectivity index (χ0v) is 13.7. The van der Waals surface area contributed by atoms with Crippen molar-refractivity contribution >= 4 is 23.4 Å². The van der Waals surface area contributed by atoms with E-state index in [0.29, 0.717) is 0 Å². The Balaban J connectivity index is 2.44. The van der Waals surface area contributed by atoms with Gasteiger partial charge in [-0.1, -0.05) is 37.6 Å². The number of nitrogens with one attached hydrogen (secondary N) is 1. The molecule has 0 aliphatic rings. The summed E-state index contributed by atoms with van der Waals surface area (Å²) in [5.41, 5.74) is 1.40. The highest BCUT2D eigenvalue weighted by Crippen LogP contribution is 2.17. The van der Waals surface area contributed by atoms with E-state index in [1.807, 2.05) is 23.9 Å². The molecule has 0 fully saturated rings. The fourth-order valence-electron chi connectivity index (χ4n) is 2.11. The Labute approximate surface area is 127 Å². The van der Waals surface area contributed by atoms with Gasteiger partial charge >= 0.3 is 0 Å². The highest BCUT2D eigenvalue weighted by molar-refractivity contribution is 7.99. The summed E-state index contributed by atoms with van der Waals surface area (Å²) >= 11 is 7.98. The maximum absolute atomic E-state index is 5.94. The van der Waals surface area contributed by atoms with Crippen molar-refractivity contribution in [2.75, 3.05) is 24.6 Å². The third-order valence-corrected chi connectivity index (χ3v) is 4.36. The second kappa shape index (κ2) is 10.6. The van der Waals surface area contributed by atoms with Crippen LogP contribution in [-0.4, -0.2) is 24.6 Å². The van der Waals surface area contributed by atoms with Gasteiger partial charge in [-0.15, -0.1) is 0 Å². The standard InChI is InChI=1S/C16H26ClNS/c1-3-10-18-13-15(9-11-19-4-2)12-14-5-7-16(17)8-6-14/h5-8,15,18H,3-4,9-13H2,1-2H3. The van der Waals surface area contributed by atoms with Crippen LogP contribution in [0.15, 0.2) is 24.3 Å². The average molecular weight is 300 g/mol. The lowest BCUT2D eigenvalue weighted by Crippen LogP contribution is -2.25. The van der Waals surface area contributed by atoms with Crippen molar-refractivity contribution in [3.8, 4) is 0 Å². The van der Waals surface area contributed by atoms with Gasteiger partial charge in [0.25, 0.3) is 0 Å². The van der Waals surface area contributed by atoms with Gasteiger partial charge in [-0.05, 0) is 67.5 Å². The quantitative estimate of drug-likeness (QED) is 0.632. The molecular weight excluding hydrogens is 274 g/mol. The molecule has 0 spiro atoms. The van der Waals surface area contributed by atoms with Gasteiger partial charge in [0.1, 0.15) is 0 Å². The van der Waals surface area contributed by atoms with E-state index in [1.165, 1.54) is 29.9 Å². The van der Waals surface area contributed by atoms with Crippen LogP contribution in [0.3, 0.4) is 0 Å². The van der Waals surface area contributed by atoms with Crippen molar-refractivity contribution < 1.29 is 0 Å². The summed E-state index contributed by atoms with van der Waals surface area (Å²) in [6.07, 6.45) is 3.65. The Bertz CT molecular complexity index is 316. The summed E-state index contributed by atoms with van der Waals surface area (Å²) in [5.74, 6) is 3.21. The molecule has 1 aromatic carbocycles. The molecule has 0 aliphatic heterocycles. The van der Waals surface area contributed by atoms with E-state index in [4.69, 9.17) is 11.6 Å². The predicted molar refractivity (Wildman–Crippen MR) is 89.4 cm³/mol. The number of benzene rings is 1. The van der Waals surface area contributed by atoms with Gasteiger partial charge in [0.05, 0.1) is 0 Å². The van der Waals surface area contributed by atoms with Crippen molar-refractivity contribution in [2.24, 2.45) is 5.92 Å². The van der Waals surface area contributed by atoms with E-state index >= 15 is 0 Å². The van der Waals surface area contributed by atoms with Gasteiger partial charge < -0.3 is 5.32 Å². The average Bonchev–Trinajstić information content (AvgIpc) is 2.41. The fourth-order valence-corrected chi connectivity index (χ4v) is 3.02. The van der Waals surface area contributed by atoms with E-state index in [1.54, 1.807) is 0 Å². The molecule has 0 aliphatic carbocycles. The van der Waals surface area contributed by atoms with Crippen molar-refractivity contribution in [2.45, 2.75) is 33.1 Å². The van der Waals surface area contributed by atoms with Gasteiger partial charge in [0.2, 0.25) is 0 Å². The second-order valence-corrected chi connectivity index (χ2v) is 6.72. The van der Waals surface area contributed by atoms with E-state index < -0.39 is 0 Å². The Morgan fingerprint density at radius 1 is 1.21 bits per heavy atom. The van der Waals surface area contributed by atoms with Gasteiger partial charge in [-0.2, -0.15) is 11.8 Å². The SMILES string of the molecule is CCCNCC(CCSCC)Cc1ccc(Cl)cc1. The lowest BCUT2D eigenvalue weighted by Gasteiger charge is -2.17. The molecule has 1 aromatic rings. The maximum atomic E-state index is 5.94. The van der Waals surface area contributed by atoms with Crippen LogP contribution in [0, 0.1) is 5.92 Å². The molecule has 0 aromatic heterocycles. The molecule has 0 bridgehead atoms. The smallest absolute Gasteiger partial charge is 0.0406 e. The Morgan fingerprint density at radius 3 is 2.58 bits per heavy atom. The zero-order chi connectivity index (χ0) is 13.9. The van der Waals surface area contributed by atoms with Crippen LogP contribution in [0.25, 0.3) is 0 Å². The molecule has 0 saturated heterocycles. The number of halogens is 1. The summed E-state index contributed by atoms with van der Waals surface area (Å²) in [6, 6.07) is 8.30. The van der Waals surface area contributed by atoms with Crippen molar-refractivity contribution in [1.82, 2.24) is 5.32 Å². The fraction of sp³-hybridized carbons (Fsp3) is 0.625. The van der Waals surface area contributed by atoms with E-state index in [0.717, 1.165) is 30.5 Å². The normalized spacial score (nSPS) is 12.6. The molecule has 0 saturated carbocycles. The molecule has 1 rings (SSSR count). The number of hydrogen-bond donors (Lipinski definition) is 1. The molecule has 108 valence electrons. The highest BCUT2D eigenvalue weighted by Gasteiger charge is 2.09. The van der Waals surface area contributed by atoms with Crippen LogP contribution < -0.4 is 5.32 Å². The Hall–Kier alpha value is -0.180. The first-order valence-electron chi connectivity index (χ1n) is 7.29. The van der Waals surface area contributed by atoms with Crippen molar-refractivity contribution in [3.63, 3.8) is 0 Å². The molecule has 1 N–H and O–H groups in total. The van der Waals surface area contributed by atoms with Gasteiger partial charge in [0.15, 0.2) is 0 Å². The van der Waals surface area contributed by atoms with Crippen LogP contribution in [0.2, 0.25) is 5.02 Å². The van der Waals surface area contributed by atoms with E-state index in [2.05, 4.69) is 31.3 Å². The Morgan fingerprint density at radius 2 is 1.95 bits per heavy atom. The molecule has 1 nitrogen and oxygen atoms in total. The van der Waals surface area contributed by atoms with Crippen molar-refractivity contribution in [1.29, 1.82) is 0 Å². The first-order valence-corrected chi connectivity index (χ1v) is 8.82. The van der Waals surface area contributed by atoms with Crippen LogP contribution >= 0.6 is 23.4 Å². The lowest BCUT2D eigenvalue weighted by molar-refractivity contribution is 0.463. The molecule has 1 unspecified atom stereocenters. The molecule has 0 radical (unpaired) electrons. The summed E-state index contributed by atoms with van der Waals surface area (Å²) < 4.78 is 0. The first-order chi connectivity index (χ1) is 9.26. The minimum Gasteiger partial charge on any atom is -0.316 e. The van der Waals surface area contributed by atoms with Crippen LogP contribution in [-0.2, 0) is 6.42 Å². The van der Waals surface area contributed by atoms with Gasteiger partial charge in [-0.3, -0.25) is 0 Å². The van der Waals surface area contributed by atoms with Crippen LogP contribution in [0.1, 0.15) is 32.3 Å². The monoisotopic (exact) mass is 299 g/mol. The third kappa shape index (κ3) is 7.86. The molecule has 0 heterocycles. The van der Waals surface area contributed by atoms with E-state index in [-0.39, 0.29) is 0 Å². The zero-order valence-electron chi connectivity index (χ0n) is 12.1. The van der Waals surface area contributed by atoms with Crippen LogP contribution in [0.5, 0.6) is 0 Å². The highest BCUT2D eigenvalue weighted by atomic mass is 35.5. The summed E-state index contributed by atoms with van der Waals surface area (Å²) in [5, 5.41) is 4.38. The first kappa shape index (κ1) is 16.9. The third-order valence-electron chi connectivity index (χ3n) is 3.17. The predicted octanol–water partition coefficient (Wildman–Crippen LogP) is 4.64. The summed E-state index contributed by atoms with van der Waals surface area (Å²) in [4.78, 5) is 0. The van der Waals surface area contributed by atoms with Gasteiger partial charge in [0, 0.05) is 5.02 Å². The maximum Gasteiger partial charge on any atom is 0.0406 e. The summed E-state index contributed by atoms with van der Waals surface area (Å²) in [6.45, 7) is 6.70. The topological polar surface area (TPSA) is 12.0 Å². The number of rotatable bonds is 10. The van der Waals surface area contributed by atoms with E-state index in [9.17, 15) is 0 Å². The largest absolute Gasteiger partial charge is 0.316 e. The Kier molecular flexibility index (Phi) is 9.40. The number of hydrogen-bond acceptors (Lipinski definition) is 2. The lowest BCUT2D eigenvalue weighted by atomic mass is 9.97. The van der Waals surface area contributed by atoms with Crippen molar-refractivity contribution in [3.05, 3.63) is 34.9 Å². The second-order valence-electron chi connectivity index (χ2n) is 4.89. The molecule has 19 heavy (non-hydrogen) atoms. The minimum atomic E-state index is 0.728. The molecule has 0 amide bonds. The van der Waals surface area contributed by atoms with Gasteiger partial charge in [-0.25, -0.2) is 0 Å². The molecule has 3 heteroatoms. The molecule has 1 atom stereocenters. The molecular formula is C16H26ClNS. The minimum absolute atomic E-state index is 0.728. The summed E-state index contributed by atoms with van der Waals surface area (Å²) in [7, 11) is 0. The van der Waals surface area contributed by atoms with Crippen LogP contribution in [0.4, 0.5) is 0 Å².